The van der Waals surface area contributed by atoms with Crippen LogP contribution in [0.5, 0.6) is 0 Å². The van der Waals surface area contributed by atoms with Crippen molar-refractivity contribution in [3.8, 4) is 0 Å². The molecule has 0 aromatic rings. The van der Waals surface area contributed by atoms with Crippen LogP contribution in [0.15, 0.2) is 36.1 Å². The first-order chi connectivity index (χ1) is 12.5. The number of fused-ring (bicyclic) bond motifs is 1. The van der Waals surface area contributed by atoms with Crippen LogP contribution in [0.3, 0.4) is 0 Å². The number of rotatable bonds is 8. The third-order valence-corrected chi connectivity index (χ3v) is 7.62. The van der Waals surface area contributed by atoms with Gasteiger partial charge in [-0.05, 0) is 59.8 Å². The second kappa shape index (κ2) is 8.53. The maximum Gasteiger partial charge on any atom is 0.0856 e. The van der Waals surface area contributed by atoms with Gasteiger partial charge < -0.3 is 15.3 Å². The smallest absolute Gasteiger partial charge is 0.0856 e. The first kappa shape index (κ1) is 22.2. The van der Waals surface area contributed by atoms with Gasteiger partial charge >= 0.3 is 0 Å². The van der Waals surface area contributed by atoms with Crippen molar-refractivity contribution in [1.29, 1.82) is 0 Å². The lowest BCUT2D eigenvalue weighted by atomic mass is 9.54. The average molecular weight is 377 g/mol. The molecule has 2 unspecified atom stereocenters. The molecule has 0 bridgehead atoms. The number of hydrogen-bond donors (Lipinski definition) is 3. The minimum absolute atomic E-state index is 0.0561. The summed E-state index contributed by atoms with van der Waals surface area (Å²) in [6.45, 7) is 14.7. The summed E-state index contributed by atoms with van der Waals surface area (Å²) in [6, 6.07) is 0. The lowest BCUT2D eigenvalue weighted by Crippen LogP contribution is -2.44. The zero-order valence-electron chi connectivity index (χ0n) is 17.9. The highest BCUT2D eigenvalue weighted by molar-refractivity contribution is 5.35. The van der Waals surface area contributed by atoms with Crippen LogP contribution < -0.4 is 0 Å². The van der Waals surface area contributed by atoms with Gasteiger partial charge in [-0.25, -0.2) is 0 Å². The van der Waals surface area contributed by atoms with Crippen LogP contribution in [-0.4, -0.2) is 27.5 Å². The molecule has 3 heteroatoms. The molecular formula is C24H40O3. The number of hydrogen-bond acceptors (Lipinski definition) is 3. The molecule has 0 heterocycles. The van der Waals surface area contributed by atoms with E-state index in [0.29, 0.717) is 30.6 Å². The van der Waals surface area contributed by atoms with E-state index in [2.05, 4.69) is 53.3 Å². The van der Waals surface area contributed by atoms with Gasteiger partial charge in [-0.2, -0.15) is 0 Å². The standard InChI is InChI=1S/C24H40O3/c1-7-23(5,14-18(4)25)15-20(26)10-11-22-16(2)8-9-19-13-21(27)12-17(3)24(19,22)6/h8-9,13,16-17,20-22,25-27H,4,7,10-12,14-15H2,1-3,5-6H3/t16-,17?,20+,21-,22-,23?,24-/m0/s1. The molecule has 0 radical (unpaired) electrons. The van der Waals surface area contributed by atoms with Crippen LogP contribution in [0.2, 0.25) is 0 Å². The Hall–Kier alpha value is -1.06. The molecular weight excluding hydrogens is 336 g/mol. The lowest BCUT2D eigenvalue weighted by Gasteiger charge is -2.51. The van der Waals surface area contributed by atoms with Crippen LogP contribution in [0.25, 0.3) is 0 Å². The summed E-state index contributed by atoms with van der Waals surface area (Å²) < 4.78 is 0. The predicted molar refractivity (Wildman–Crippen MR) is 112 cm³/mol. The topological polar surface area (TPSA) is 60.7 Å². The zero-order valence-corrected chi connectivity index (χ0v) is 17.9. The van der Waals surface area contributed by atoms with Gasteiger partial charge in [0.2, 0.25) is 0 Å². The van der Waals surface area contributed by atoms with E-state index in [1.54, 1.807) is 0 Å². The molecule has 2 aliphatic carbocycles. The van der Waals surface area contributed by atoms with Gasteiger partial charge in [0.15, 0.2) is 0 Å². The monoisotopic (exact) mass is 376 g/mol. The molecule has 0 aromatic carbocycles. The van der Waals surface area contributed by atoms with Gasteiger partial charge in [-0.1, -0.05) is 65.8 Å². The third kappa shape index (κ3) is 4.86. The molecule has 0 spiro atoms. The highest BCUT2D eigenvalue weighted by Gasteiger charge is 2.47. The Morgan fingerprint density at radius 2 is 2.07 bits per heavy atom. The Balaban J connectivity index is 2.08. The second-order valence-corrected chi connectivity index (χ2v) is 9.78. The summed E-state index contributed by atoms with van der Waals surface area (Å²) in [4.78, 5) is 0. The van der Waals surface area contributed by atoms with Crippen LogP contribution in [-0.2, 0) is 0 Å². The van der Waals surface area contributed by atoms with Gasteiger partial charge in [0, 0.05) is 6.42 Å². The molecule has 27 heavy (non-hydrogen) atoms. The van der Waals surface area contributed by atoms with E-state index >= 15 is 0 Å². The molecule has 0 amide bonds. The van der Waals surface area contributed by atoms with Crippen molar-refractivity contribution in [2.24, 2.45) is 28.6 Å². The fourth-order valence-electron chi connectivity index (χ4n) is 5.54. The van der Waals surface area contributed by atoms with Gasteiger partial charge in [0.1, 0.15) is 0 Å². The Bertz CT molecular complexity index is 592. The lowest BCUT2D eigenvalue weighted by molar-refractivity contribution is 0.0351. The van der Waals surface area contributed by atoms with E-state index in [1.165, 1.54) is 5.57 Å². The minimum atomic E-state index is -0.368. The summed E-state index contributed by atoms with van der Waals surface area (Å²) in [5.74, 6) is 1.55. The SMILES string of the molecule is C=C(O)CC(C)(CC)C[C@H](O)CC[C@H]1[C@@H](C)C=CC2=C[C@@H](O)CC(C)[C@@]21C. The summed E-state index contributed by atoms with van der Waals surface area (Å²) in [5, 5.41) is 30.5. The van der Waals surface area contributed by atoms with E-state index in [4.69, 9.17) is 0 Å². The molecule has 0 saturated heterocycles. The number of allylic oxidation sites excluding steroid dienone is 4. The highest BCUT2D eigenvalue weighted by atomic mass is 16.3. The predicted octanol–water partition coefficient (Wildman–Crippen LogP) is 5.55. The highest BCUT2D eigenvalue weighted by Crippen LogP contribution is 2.54. The van der Waals surface area contributed by atoms with Crippen molar-refractivity contribution in [2.75, 3.05) is 0 Å². The van der Waals surface area contributed by atoms with E-state index in [9.17, 15) is 15.3 Å². The third-order valence-electron chi connectivity index (χ3n) is 7.62. The van der Waals surface area contributed by atoms with Gasteiger partial charge in [-0.15, -0.1) is 0 Å². The second-order valence-electron chi connectivity index (χ2n) is 9.78. The van der Waals surface area contributed by atoms with Gasteiger partial charge in [-0.3, -0.25) is 0 Å². The molecule has 3 N–H and O–H groups in total. The van der Waals surface area contributed by atoms with Crippen molar-refractivity contribution in [1.82, 2.24) is 0 Å². The molecule has 3 nitrogen and oxygen atoms in total. The van der Waals surface area contributed by atoms with Crippen LogP contribution >= 0.6 is 0 Å². The Morgan fingerprint density at radius 3 is 2.67 bits per heavy atom. The summed E-state index contributed by atoms with van der Waals surface area (Å²) in [5.41, 5.74) is 1.21. The maximum absolute atomic E-state index is 10.7. The van der Waals surface area contributed by atoms with Crippen molar-refractivity contribution in [3.05, 3.63) is 36.1 Å². The minimum Gasteiger partial charge on any atom is -0.513 e. The van der Waals surface area contributed by atoms with E-state index in [0.717, 1.165) is 25.7 Å². The van der Waals surface area contributed by atoms with Gasteiger partial charge in [0.05, 0.1) is 18.0 Å². The molecule has 2 rings (SSSR count). The number of aliphatic hydroxyl groups excluding tert-OH is 3. The van der Waals surface area contributed by atoms with Crippen LogP contribution in [0, 0.1) is 28.6 Å². The van der Waals surface area contributed by atoms with Crippen LogP contribution in [0.4, 0.5) is 0 Å². The molecule has 154 valence electrons. The largest absolute Gasteiger partial charge is 0.513 e. The Kier molecular flexibility index (Phi) is 7.02. The quantitative estimate of drug-likeness (QED) is 0.487. The first-order valence-corrected chi connectivity index (χ1v) is 10.6. The van der Waals surface area contributed by atoms with E-state index in [1.807, 2.05) is 6.08 Å². The molecule has 2 aliphatic rings. The van der Waals surface area contributed by atoms with Crippen molar-refractivity contribution in [2.45, 2.75) is 85.4 Å². The fourth-order valence-corrected chi connectivity index (χ4v) is 5.54. The van der Waals surface area contributed by atoms with Crippen molar-refractivity contribution >= 4 is 0 Å². The van der Waals surface area contributed by atoms with Crippen LogP contribution in [0.1, 0.15) is 73.1 Å². The Labute approximate surface area is 165 Å². The molecule has 7 atom stereocenters. The van der Waals surface area contributed by atoms with Crippen molar-refractivity contribution < 1.29 is 15.3 Å². The Morgan fingerprint density at radius 1 is 1.41 bits per heavy atom. The fraction of sp³-hybridized carbons (Fsp3) is 0.750. The van der Waals surface area contributed by atoms with Gasteiger partial charge in [0.25, 0.3) is 0 Å². The van der Waals surface area contributed by atoms with Crippen molar-refractivity contribution in [3.63, 3.8) is 0 Å². The summed E-state index contributed by atoms with van der Waals surface area (Å²) in [7, 11) is 0. The average Bonchev–Trinajstić information content (AvgIpc) is 2.55. The zero-order chi connectivity index (χ0) is 20.4. The van der Waals surface area contributed by atoms with E-state index < -0.39 is 0 Å². The summed E-state index contributed by atoms with van der Waals surface area (Å²) >= 11 is 0. The first-order valence-electron chi connectivity index (χ1n) is 10.6. The molecule has 0 aliphatic heterocycles. The summed E-state index contributed by atoms with van der Waals surface area (Å²) in [6.07, 6.45) is 10.5. The molecule has 0 aromatic heterocycles. The normalized spacial score (nSPS) is 36.5. The van der Waals surface area contributed by atoms with E-state index in [-0.39, 0.29) is 28.8 Å². The molecule has 0 saturated carbocycles. The number of aliphatic hydroxyl groups is 3. The molecule has 0 fully saturated rings. The maximum atomic E-state index is 10.7.